The molecule has 3 nitrogen and oxygen atoms in total. The third-order valence-electron chi connectivity index (χ3n) is 4.32. The first kappa shape index (κ1) is 18.2. The monoisotopic (exact) mass is 360 g/mol. The molecular formula is C20H19F3N2O. The highest BCUT2D eigenvalue weighted by molar-refractivity contribution is 6.02. The zero-order valence-electron chi connectivity index (χ0n) is 14.3. The largest absolute Gasteiger partial charge is 0.416 e. The molecular weight excluding hydrogens is 341 g/mol. The Bertz CT molecular complexity index is 843. The van der Waals surface area contributed by atoms with E-state index in [1.54, 1.807) is 0 Å². The highest BCUT2D eigenvalue weighted by atomic mass is 19.4. The van der Waals surface area contributed by atoms with Crippen LogP contribution in [0.1, 0.15) is 22.3 Å². The summed E-state index contributed by atoms with van der Waals surface area (Å²) in [6.07, 6.45) is -0.810. The van der Waals surface area contributed by atoms with Gasteiger partial charge in [0.25, 0.3) is 0 Å². The molecule has 0 bridgehead atoms. The smallest absolute Gasteiger partial charge is 0.323 e. The Labute approximate surface area is 150 Å². The number of nitrogens with zero attached hydrogens (tertiary/aromatic N) is 1. The first-order valence-corrected chi connectivity index (χ1v) is 8.28. The standard InChI is InChI=1S/C20H19F3N2O/c1-25-10-9-15-6-7-18(12-16(15)13-25)24-19(26)8-5-14-3-2-4-17(11-14)20(21,22)23/h2-8,11-12H,9-10,13H2,1H3,(H,24,26)/b8-5+. The predicted molar refractivity (Wildman–Crippen MR) is 95.6 cm³/mol. The molecule has 0 unspecified atom stereocenters. The summed E-state index contributed by atoms with van der Waals surface area (Å²) in [6.45, 7) is 1.84. The molecule has 136 valence electrons. The summed E-state index contributed by atoms with van der Waals surface area (Å²) in [5.41, 5.74) is 2.72. The average Bonchev–Trinajstić information content (AvgIpc) is 2.59. The molecule has 1 aliphatic heterocycles. The Morgan fingerprint density at radius 2 is 1.96 bits per heavy atom. The van der Waals surface area contributed by atoms with E-state index >= 15 is 0 Å². The molecule has 1 N–H and O–H groups in total. The summed E-state index contributed by atoms with van der Waals surface area (Å²) in [6, 6.07) is 10.7. The van der Waals surface area contributed by atoms with E-state index in [2.05, 4.69) is 10.2 Å². The summed E-state index contributed by atoms with van der Waals surface area (Å²) < 4.78 is 38.1. The van der Waals surface area contributed by atoms with Crippen molar-refractivity contribution < 1.29 is 18.0 Å². The highest BCUT2D eigenvalue weighted by Crippen LogP contribution is 2.29. The number of carbonyl (C=O) groups is 1. The molecule has 3 rings (SSSR count). The Morgan fingerprint density at radius 1 is 1.15 bits per heavy atom. The number of halogens is 3. The number of anilines is 1. The van der Waals surface area contributed by atoms with Gasteiger partial charge in [-0.25, -0.2) is 0 Å². The summed E-state index contributed by atoms with van der Waals surface area (Å²) in [4.78, 5) is 14.3. The van der Waals surface area contributed by atoms with E-state index in [4.69, 9.17) is 0 Å². The molecule has 0 fully saturated rings. The number of alkyl halides is 3. The number of nitrogens with one attached hydrogen (secondary N) is 1. The molecule has 0 saturated heterocycles. The van der Waals surface area contributed by atoms with Crippen molar-refractivity contribution in [1.82, 2.24) is 4.90 Å². The number of hydrogen-bond donors (Lipinski definition) is 1. The number of carbonyl (C=O) groups excluding carboxylic acids is 1. The third kappa shape index (κ3) is 4.52. The molecule has 26 heavy (non-hydrogen) atoms. The van der Waals surface area contributed by atoms with Crippen molar-refractivity contribution in [3.05, 3.63) is 70.8 Å². The molecule has 1 heterocycles. The molecule has 0 aliphatic carbocycles. The van der Waals surface area contributed by atoms with Crippen molar-refractivity contribution in [2.45, 2.75) is 19.1 Å². The second-order valence-electron chi connectivity index (χ2n) is 6.42. The van der Waals surface area contributed by atoms with Gasteiger partial charge in [-0.15, -0.1) is 0 Å². The summed E-state index contributed by atoms with van der Waals surface area (Å²) in [5, 5.41) is 2.76. The number of fused-ring (bicyclic) bond motifs is 1. The molecule has 0 saturated carbocycles. The molecule has 0 radical (unpaired) electrons. The van der Waals surface area contributed by atoms with Crippen LogP contribution in [0.3, 0.4) is 0 Å². The number of likely N-dealkylation sites (N-methyl/N-ethyl adjacent to an activating group) is 1. The number of rotatable bonds is 3. The summed E-state index contributed by atoms with van der Waals surface area (Å²) >= 11 is 0. The minimum Gasteiger partial charge on any atom is -0.323 e. The maximum Gasteiger partial charge on any atom is 0.416 e. The van der Waals surface area contributed by atoms with Crippen LogP contribution in [0.4, 0.5) is 18.9 Å². The lowest BCUT2D eigenvalue weighted by Gasteiger charge is -2.25. The van der Waals surface area contributed by atoms with Crippen molar-refractivity contribution in [1.29, 1.82) is 0 Å². The lowest BCUT2D eigenvalue weighted by Crippen LogP contribution is -2.26. The molecule has 2 aromatic carbocycles. The van der Waals surface area contributed by atoms with Gasteiger partial charge in [-0.1, -0.05) is 18.2 Å². The van der Waals surface area contributed by atoms with E-state index in [0.29, 0.717) is 11.3 Å². The van der Waals surface area contributed by atoms with Crippen LogP contribution in [0, 0.1) is 0 Å². The average molecular weight is 360 g/mol. The van der Waals surface area contributed by atoms with Crippen LogP contribution in [-0.4, -0.2) is 24.4 Å². The van der Waals surface area contributed by atoms with Crippen LogP contribution in [0.25, 0.3) is 6.08 Å². The Hall–Kier alpha value is -2.60. The SMILES string of the molecule is CN1CCc2ccc(NC(=O)/C=C/c3cccc(C(F)(F)F)c3)cc2C1. The summed E-state index contributed by atoms with van der Waals surface area (Å²) in [5.74, 6) is -0.383. The molecule has 0 spiro atoms. The number of benzene rings is 2. The van der Waals surface area contributed by atoms with Crippen molar-refractivity contribution in [3.63, 3.8) is 0 Å². The van der Waals surface area contributed by atoms with Crippen molar-refractivity contribution >= 4 is 17.7 Å². The molecule has 6 heteroatoms. The van der Waals surface area contributed by atoms with Gasteiger partial charge in [-0.05, 0) is 60.5 Å². The van der Waals surface area contributed by atoms with E-state index in [1.165, 1.54) is 35.4 Å². The van der Waals surface area contributed by atoms with Crippen LogP contribution in [0.15, 0.2) is 48.5 Å². The van der Waals surface area contributed by atoms with Gasteiger partial charge in [0.15, 0.2) is 0 Å². The second-order valence-corrected chi connectivity index (χ2v) is 6.42. The van der Waals surface area contributed by atoms with Gasteiger partial charge in [0.05, 0.1) is 5.56 Å². The van der Waals surface area contributed by atoms with Crippen molar-refractivity contribution in [2.24, 2.45) is 0 Å². The van der Waals surface area contributed by atoms with E-state index in [1.807, 2.05) is 25.2 Å². The lowest BCUT2D eigenvalue weighted by molar-refractivity contribution is -0.137. The fourth-order valence-electron chi connectivity index (χ4n) is 2.95. The van der Waals surface area contributed by atoms with Gasteiger partial charge in [-0.3, -0.25) is 4.79 Å². The van der Waals surface area contributed by atoms with Crippen LogP contribution in [0.5, 0.6) is 0 Å². The normalized spacial score (nSPS) is 15.1. The van der Waals surface area contributed by atoms with Crippen LogP contribution < -0.4 is 5.32 Å². The van der Waals surface area contributed by atoms with Gasteiger partial charge < -0.3 is 10.2 Å². The van der Waals surface area contributed by atoms with Crippen LogP contribution in [0.2, 0.25) is 0 Å². The Morgan fingerprint density at radius 3 is 2.73 bits per heavy atom. The quantitative estimate of drug-likeness (QED) is 0.826. The molecule has 1 aliphatic rings. The zero-order valence-corrected chi connectivity index (χ0v) is 14.3. The van der Waals surface area contributed by atoms with E-state index in [-0.39, 0.29) is 5.91 Å². The molecule has 2 aromatic rings. The van der Waals surface area contributed by atoms with Gasteiger partial charge in [0, 0.05) is 24.9 Å². The van der Waals surface area contributed by atoms with E-state index in [9.17, 15) is 18.0 Å². The molecule has 0 aromatic heterocycles. The Kier molecular flexibility index (Phi) is 5.13. The topological polar surface area (TPSA) is 32.3 Å². The van der Waals surface area contributed by atoms with Crippen molar-refractivity contribution in [2.75, 3.05) is 18.9 Å². The van der Waals surface area contributed by atoms with Crippen molar-refractivity contribution in [3.8, 4) is 0 Å². The van der Waals surface area contributed by atoms with Crippen LogP contribution >= 0.6 is 0 Å². The predicted octanol–water partition coefficient (Wildman–Crippen LogP) is 4.35. The van der Waals surface area contributed by atoms with E-state index in [0.717, 1.165) is 31.6 Å². The van der Waals surface area contributed by atoms with E-state index < -0.39 is 11.7 Å². The van der Waals surface area contributed by atoms with Gasteiger partial charge in [0.2, 0.25) is 5.91 Å². The fourth-order valence-corrected chi connectivity index (χ4v) is 2.95. The Balaban J connectivity index is 1.68. The van der Waals surface area contributed by atoms with Gasteiger partial charge in [0.1, 0.15) is 0 Å². The highest BCUT2D eigenvalue weighted by Gasteiger charge is 2.30. The lowest BCUT2D eigenvalue weighted by atomic mass is 9.99. The first-order chi connectivity index (χ1) is 12.3. The maximum absolute atomic E-state index is 12.7. The second kappa shape index (κ2) is 7.33. The number of amides is 1. The summed E-state index contributed by atoms with van der Waals surface area (Å²) in [7, 11) is 2.05. The zero-order chi connectivity index (χ0) is 18.7. The number of hydrogen-bond acceptors (Lipinski definition) is 2. The van der Waals surface area contributed by atoms with Crippen LogP contribution in [-0.2, 0) is 23.9 Å². The minimum atomic E-state index is -4.40. The fraction of sp³-hybridized carbons (Fsp3) is 0.250. The molecule has 1 amide bonds. The first-order valence-electron chi connectivity index (χ1n) is 8.28. The molecule has 0 atom stereocenters. The van der Waals surface area contributed by atoms with Gasteiger partial charge >= 0.3 is 6.18 Å². The third-order valence-corrected chi connectivity index (χ3v) is 4.32. The minimum absolute atomic E-state index is 0.321. The van der Waals surface area contributed by atoms with Gasteiger partial charge in [-0.2, -0.15) is 13.2 Å². The maximum atomic E-state index is 12.7.